The molecule has 2 atom stereocenters. The van der Waals surface area contributed by atoms with E-state index in [-0.39, 0.29) is 22.8 Å². The first-order valence-corrected chi connectivity index (χ1v) is 11.1. The predicted octanol–water partition coefficient (Wildman–Crippen LogP) is 2.84. The fraction of sp³-hybridized carbons (Fsp3) is 0.381. The number of carbonyl (C=O) groups excluding carboxylic acids is 1. The van der Waals surface area contributed by atoms with E-state index in [0.29, 0.717) is 43.3 Å². The molecule has 2 heterocycles. The van der Waals surface area contributed by atoms with Crippen molar-refractivity contribution in [3.63, 3.8) is 0 Å². The van der Waals surface area contributed by atoms with Crippen molar-refractivity contribution in [2.75, 3.05) is 31.6 Å². The van der Waals surface area contributed by atoms with E-state index >= 15 is 0 Å². The normalized spacial score (nSPS) is 22.0. The second-order valence-electron chi connectivity index (χ2n) is 7.33. The van der Waals surface area contributed by atoms with Gasteiger partial charge in [-0.05, 0) is 31.2 Å². The topological polar surface area (TPSA) is 84.9 Å². The molecule has 1 N–H and O–H groups in total. The smallest absolute Gasteiger partial charge is 0.259 e. The minimum atomic E-state index is -3.63. The second-order valence-corrected chi connectivity index (χ2v) is 9.27. The number of morpholine rings is 1. The monoisotopic (exact) mass is 416 g/mol. The van der Waals surface area contributed by atoms with Crippen LogP contribution < -0.4 is 10.1 Å². The number of hydrogen-bond donors (Lipinski definition) is 1. The van der Waals surface area contributed by atoms with Gasteiger partial charge in [0.1, 0.15) is 11.9 Å². The third kappa shape index (κ3) is 3.75. The number of hydrogen-bond acceptors (Lipinski definition) is 5. The highest BCUT2D eigenvalue weighted by Crippen LogP contribution is 2.40. The molecule has 29 heavy (non-hydrogen) atoms. The van der Waals surface area contributed by atoms with Gasteiger partial charge in [-0.25, -0.2) is 8.42 Å². The van der Waals surface area contributed by atoms with Crippen LogP contribution in [0, 0.1) is 0 Å². The summed E-state index contributed by atoms with van der Waals surface area (Å²) in [7, 11) is -3.63. The van der Waals surface area contributed by atoms with Crippen molar-refractivity contribution < 1.29 is 22.7 Å². The lowest BCUT2D eigenvalue weighted by Crippen LogP contribution is -2.40. The molecule has 7 nitrogen and oxygen atoms in total. The molecule has 4 rings (SSSR count). The first kappa shape index (κ1) is 19.9. The Balaban J connectivity index is 1.57. The van der Waals surface area contributed by atoms with E-state index in [4.69, 9.17) is 9.47 Å². The van der Waals surface area contributed by atoms with E-state index in [1.165, 1.54) is 16.4 Å². The first-order valence-electron chi connectivity index (χ1n) is 9.67. The Morgan fingerprint density at radius 2 is 1.83 bits per heavy atom. The van der Waals surface area contributed by atoms with E-state index < -0.39 is 10.0 Å². The molecule has 154 valence electrons. The molecule has 2 aliphatic heterocycles. The molecule has 0 bridgehead atoms. The number of para-hydroxylation sites is 1. The van der Waals surface area contributed by atoms with E-state index in [1.807, 2.05) is 19.1 Å². The van der Waals surface area contributed by atoms with Crippen molar-refractivity contribution in [3.05, 3.63) is 53.6 Å². The fourth-order valence-electron chi connectivity index (χ4n) is 3.63. The number of benzene rings is 2. The van der Waals surface area contributed by atoms with E-state index in [1.54, 1.807) is 18.2 Å². The van der Waals surface area contributed by atoms with Crippen molar-refractivity contribution in [3.8, 4) is 5.75 Å². The van der Waals surface area contributed by atoms with Gasteiger partial charge in [0.15, 0.2) is 0 Å². The van der Waals surface area contributed by atoms with Crippen LogP contribution in [-0.2, 0) is 14.8 Å². The molecular formula is C21H24N2O5S. The summed E-state index contributed by atoms with van der Waals surface area (Å²) in [5.74, 6) is 0.478. The van der Waals surface area contributed by atoms with Gasteiger partial charge < -0.3 is 14.8 Å². The highest BCUT2D eigenvalue weighted by Gasteiger charge is 2.31. The quantitative estimate of drug-likeness (QED) is 0.829. The van der Waals surface area contributed by atoms with Gasteiger partial charge in [-0.3, -0.25) is 4.79 Å². The first-order chi connectivity index (χ1) is 13.9. The lowest BCUT2D eigenvalue weighted by molar-refractivity contribution is 0.0730. The van der Waals surface area contributed by atoms with Gasteiger partial charge in [-0.2, -0.15) is 4.31 Å². The summed E-state index contributed by atoms with van der Waals surface area (Å²) in [4.78, 5) is 13.0. The number of carbonyl (C=O) groups is 1. The zero-order valence-corrected chi connectivity index (χ0v) is 17.2. The summed E-state index contributed by atoms with van der Waals surface area (Å²) in [6.07, 6.45) is 0.000873. The van der Waals surface area contributed by atoms with Crippen LogP contribution in [0.2, 0.25) is 0 Å². The van der Waals surface area contributed by atoms with Crippen molar-refractivity contribution in [2.24, 2.45) is 0 Å². The third-order valence-electron chi connectivity index (χ3n) is 5.49. The number of nitrogens with zero attached hydrogens (tertiary/aromatic N) is 1. The van der Waals surface area contributed by atoms with E-state index in [2.05, 4.69) is 12.2 Å². The molecule has 2 aromatic rings. The number of fused-ring (bicyclic) bond motifs is 1. The minimum Gasteiger partial charge on any atom is -0.489 e. The molecule has 0 aromatic heterocycles. The highest BCUT2D eigenvalue weighted by atomic mass is 32.2. The van der Waals surface area contributed by atoms with Gasteiger partial charge in [-0.15, -0.1) is 0 Å². The summed E-state index contributed by atoms with van der Waals surface area (Å²) >= 11 is 0. The van der Waals surface area contributed by atoms with Crippen molar-refractivity contribution in [1.29, 1.82) is 0 Å². The summed E-state index contributed by atoms with van der Waals surface area (Å²) in [6.45, 7) is 5.45. The molecule has 2 unspecified atom stereocenters. The van der Waals surface area contributed by atoms with Gasteiger partial charge in [0.05, 0.1) is 23.7 Å². The van der Waals surface area contributed by atoms with Gasteiger partial charge >= 0.3 is 0 Å². The highest BCUT2D eigenvalue weighted by molar-refractivity contribution is 7.89. The average molecular weight is 416 g/mol. The number of nitrogens with one attached hydrogen (secondary N) is 1. The summed E-state index contributed by atoms with van der Waals surface area (Å²) in [5.41, 5.74) is 1.87. The summed E-state index contributed by atoms with van der Waals surface area (Å²) in [6, 6.07) is 11.8. The molecule has 0 aliphatic carbocycles. The Morgan fingerprint density at radius 1 is 1.10 bits per heavy atom. The lowest BCUT2D eigenvalue weighted by atomic mass is 9.97. The fourth-order valence-corrected chi connectivity index (χ4v) is 5.09. The molecule has 8 heteroatoms. The zero-order valence-electron chi connectivity index (χ0n) is 16.4. The molecule has 2 aromatic carbocycles. The Labute approximate surface area is 170 Å². The molecular weight excluding hydrogens is 392 g/mol. The SMILES string of the molecule is CC1Oc2c(C(=O)Nc3cccc(S(=O)(=O)N4CCOCC4)c3)cccc2C1C. The maximum Gasteiger partial charge on any atom is 0.259 e. The molecule has 1 amide bonds. The Hall–Kier alpha value is -2.42. The molecule has 1 saturated heterocycles. The van der Waals surface area contributed by atoms with Crippen LogP contribution in [0.3, 0.4) is 0 Å². The maximum absolute atomic E-state index is 12.9. The Kier molecular flexibility index (Phi) is 5.33. The predicted molar refractivity (Wildman–Crippen MR) is 109 cm³/mol. The summed E-state index contributed by atoms with van der Waals surface area (Å²) < 4.78 is 38.2. The van der Waals surface area contributed by atoms with Gasteiger partial charge in [0, 0.05) is 30.3 Å². The van der Waals surface area contributed by atoms with Crippen molar-refractivity contribution in [1.82, 2.24) is 4.31 Å². The largest absolute Gasteiger partial charge is 0.489 e. The number of sulfonamides is 1. The third-order valence-corrected chi connectivity index (χ3v) is 7.38. The van der Waals surface area contributed by atoms with Gasteiger partial charge in [0.2, 0.25) is 10.0 Å². The van der Waals surface area contributed by atoms with Crippen LogP contribution in [-0.4, -0.2) is 51.0 Å². The van der Waals surface area contributed by atoms with E-state index in [9.17, 15) is 13.2 Å². The van der Waals surface area contributed by atoms with Crippen LogP contribution in [0.5, 0.6) is 5.75 Å². The molecule has 1 fully saturated rings. The van der Waals surface area contributed by atoms with Crippen LogP contribution in [0.25, 0.3) is 0 Å². The Bertz CT molecular complexity index is 1030. The van der Waals surface area contributed by atoms with Gasteiger partial charge in [-0.1, -0.05) is 25.1 Å². The summed E-state index contributed by atoms with van der Waals surface area (Å²) in [5, 5.41) is 2.81. The molecule has 2 aliphatic rings. The van der Waals surface area contributed by atoms with E-state index in [0.717, 1.165) is 5.56 Å². The van der Waals surface area contributed by atoms with Crippen LogP contribution in [0.15, 0.2) is 47.4 Å². The standard InChI is InChI=1S/C21H24N2O5S/c1-14-15(2)28-20-18(14)7-4-8-19(20)21(24)22-16-5-3-6-17(13-16)29(25,26)23-9-11-27-12-10-23/h3-8,13-15H,9-12H2,1-2H3,(H,22,24). The minimum absolute atomic E-state index is 0.000873. The number of amides is 1. The van der Waals surface area contributed by atoms with Crippen molar-refractivity contribution >= 4 is 21.6 Å². The van der Waals surface area contributed by atoms with Crippen LogP contribution >= 0.6 is 0 Å². The number of anilines is 1. The average Bonchev–Trinajstić information content (AvgIpc) is 3.03. The van der Waals surface area contributed by atoms with Crippen molar-refractivity contribution in [2.45, 2.75) is 30.8 Å². The maximum atomic E-state index is 12.9. The second kappa shape index (κ2) is 7.78. The number of rotatable bonds is 4. The molecule has 0 radical (unpaired) electrons. The number of ether oxygens (including phenoxy) is 2. The van der Waals surface area contributed by atoms with Crippen LogP contribution in [0.1, 0.15) is 35.7 Å². The lowest BCUT2D eigenvalue weighted by Gasteiger charge is -2.26. The molecule has 0 spiro atoms. The Morgan fingerprint density at radius 3 is 2.59 bits per heavy atom. The van der Waals surface area contributed by atoms with Gasteiger partial charge in [0.25, 0.3) is 5.91 Å². The van der Waals surface area contributed by atoms with Crippen LogP contribution in [0.4, 0.5) is 5.69 Å². The molecule has 0 saturated carbocycles. The zero-order chi connectivity index (χ0) is 20.6.